The van der Waals surface area contributed by atoms with E-state index in [1.54, 1.807) is 7.05 Å². The molecule has 0 spiro atoms. The fourth-order valence-corrected chi connectivity index (χ4v) is 6.66. The average molecular weight is 477 g/mol. The van der Waals surface area contributed by atoms with Crippen molar-refractivity contribution in [2.24, 2.45) is 5.73 Å². The number of primary amides is 1. The minimum absolute atomic E-state index is 0.0617. The molecule has 172 valence electrons. The van der Waals surface area contributed by atoms with Crippen LogP contribution >= 0.6 is 11.3 Å². The number of rotatable bonds is 7. The van der Waals surface area contributed by atoms with Gasteiger partial charge in [0.2, 0.25) is 10.0 Å². The minimum atomic E-state index is -3.57. The molecular weight excluding hydrogens is 448 g/mol. The summed E-state index contributed by atoms with van der Waals surface area (Å²) in [5, 5.41) is 3.27. The van der Waals surface area contributed by atoms with Gasteiger partial charge < -0.3 is 11.1 Å². The van der Waals surface area contributed by atoms with E-state index in [1.165, 1.54) is 39.9 Å². The first-order chi connectivity index (χ1) is 15.1. The van der Waals surface area contributed by atoms with Crippen molar-refractivity contribution >= 4 is 38.2 Å². The second kappa shape index (κ2) is 8.58. The first-order valence-corrected chi connectivity index (χ1v) is 12.9. The van der Waals surface area contributed by atoms with Crippen molar-refractivity contribution in [2.75, 3.05) is 18.9 Å². The van der Waals surface area contributed by atoms with E-state index < -0.39 is 21.8 Å². The SMILES string of the molecule is CC(C)N1CCc2c(sc(NC(=O)c3ccc(S(=O)(=O)N(C)C4CC4)cc3)c2C(N)=O)C1. The molecule has 2 amide bonds. The van der Waals surface area contributed by atoms with E-state index in [4.69, 9.17) is 5.73 Å². The van der Waals surface area contributed by atoms with Crippen LogP contribution in [0.4, 0.5) is 5.00 Å². The molecule has 0 saturated heterocycles. The lowest BCUT2D eigenvalue weighted by Gasteiger charge is -2.30. The summed E-state index contributed by atoms with van der Waals surface area (Å²) < 4.78 is 26.7. The molecule has 2 heterocycles. The van der Waals surface area contributed by atoms with Crippen LogP contribution in [0.25, 0.3) is 0 Å². The zero-order valence-corrected chi connectivity index (χ0v) is 20.1. The fourth-order valence-electron chi connectivity index (χ4n) is 3.97. The molecule has 1 aromatic heterocycles. The molecule has 0 radical (unpaired) electrons. The van der Waals surface area contributed by atoms with Crippen LogP contribution in [0.15, 0.2) is 29.2 Å². The number of carbonyl (C=O) groups is 2. The number of thiophene rings is 1. The van der Waals surface area contributed by atoms with Gasteiger partial charge in [0, 0.05) is 42.7 Å². The molecule has 1 aliphatic carbocycles. The van der Waals surface area contributed by atoms with E-state index in [0.29, 0.717) is 28.6 Å². The Morgan fingerprint density at radius 3 is 2.44 bits per heavy atom. The molecule has 2 aromatic rings. The number of nitrogens with zero attached hydrogens (tertiary/aromatic N) is 2. The molecule has 1 aliphatic heterocycles. The summed E-state index contributed by atoms with van der Waals surface area (Å²) in [6, 6.07) is 6.30. The van der Waals surface area contributed by atoms with Crippen LogP contribution in [0.2, 0.25) is 0 Å². The molecule has 32 heavy (non-hydrogen) atoms. The molecule has 10 heteroatoms. The Kier molecular flexibility index (Phi) is 6.15. The second-order valence-corrected chi connectivity index (χ2v) is 11.7. The highest BCUT2D eigenvalue weighted by Crippen LogP contribution is 2.37. The van der Waals surface area contributed by atoms with Gasteiger partial charge in [-0.15, -0.1) is 11.3 Å². The summed E-state index contributed by atoms with van der Waals surface area (Å²) in [5.41, 5.74) is 7.26. The fraction of sp³-hybridized carbons (Fsp3) is 0.455. The normalized spacial score (nSPS) is 16.9. The highest BCUT2D eigenvalue weighted by atomic mass is 32.2. The summed E-state index contributed by atoms with van der Waals surface area (Å²) >= 11 is 1.38. The van der Waals surface area contributed by atoms with Crippen LogP contribution in [0.3, 0.4) is 0 Å². The predicted molar refractivity (Wildman–Crippen MR) is 124 cm³/mol. The lowest BCUT2D eigenvalue weighted by Crippen LogP contribution is -2.35. The molecule has 3 N–H and O–H groups in total. The van der Waals surface area contributed by atoms with Gasteiger partial charge in [-0.25, -0.2) is 8.42 Å². The molecule has 0 unspecified atom stereocenters. The van der Waals surface area contributed by atoms with Crippen molar-refractivity contribution in [3.63, 3.8) is 0 Å². The minimum Gasteiger partial charge on any atom is -0.365 e. The number of hydrogen-bond donors (Lipinski definition) is 2. The van der Waals surface area contributed by atoms with E-state index in [1.807, 2.05) is 0 Å². The van der Waals surface area contributed by atoms with Gasteiger partial charge >= 0.3 is 0 Å². The third-order valence-electron chi connectivity index (χ3n) is 6.14. The zero-order valence-electron chi connectivity index (χ0n) is 18.4. The molecule has 1 aromatic carbocycles. The summed E-state index contributed by atoms with van der Waals surface area (Å²) in [5.74, 6) is -0.966. The predicted octanol–water partition coefficient (Wildman–Crippen LogP) is 2.65. The lowest BCUT2D eigenvalue weighted by atomic mass is 10.0. The molecule has 0 bridgehead atoms. The highest BCUT2D eigenvalue weighted by molar-refractivity contribution is 7.89. The maximum absolute atomic E-state index is 12.9. The number of fused-ring (bicyclic) bond motifs is 1. The number of sulfonamides is 1. The number of amides is 2. The van der Waals surface area contributed by atoms with E-state index >= 15 is 0 Å². The van der Waals surface area contributed by atoms with E-state index in [9.17, 15) is 18.0 Å². The van der Waals surface area contributed by atoms with Crippen molar-refractivity contribution in [1.82, 2.24) is 9.21 Å². The summed E-state index contributed by atoms with van der Waals surface area (Å²) in [6.07, 6.45) is 2.45. The van der Waals surface area contributed by atoms with Crippen LogP contribution in [-0.4, -0.2) is 55.1 Å². The first-order valence-electron chi connectivity index (χ1n) is 10.7. The average Bonchev–Trinajstić information content (AvgIpc) is 3.53. The Morgan fingerprint density at radius 1 is 1.22 bits per heavy atom. The van der Waals surface area contributed by atoms with Crippen LogP contribution < -0.4 is 11.1 Å². The van der Waals surface area contributed by atoms with Gasteiger partial charge in [0.05, 0.1) is 10.5 Å². The van der Waals surface area contributed by atoms with E-state index in [0.717, 1.165) is 36.4 Å². The largest absolute Gasteiger partial charge is 0.365 e. The Labute approximate surface area is 192 Å². The number of anilines is 1. The third-order valence-corrected chi connectivity index (χ3v) is 9.20. The van der Waals surface area contributed by atoms with Gasteiger partial charge in [-0.1, -0.05) is 0 Å². The monoisotopic (exact) mass is 476 g/mol. The number of hydrogen-bond acceptors (Lipinski definition) is 6. The Morgan fingerprint density at radius 2 is 1.88 bits per heavy atom. The van der Waals surface area contributed by atoms with Crippen LogP contribution in [0.5, 0.6) is 0 Å². The quantitative estimate of drug-likeness (QED) is 0.638. The topological polar surface area (TPSA) is 113 Å². The second-order valence-electron chi connectivity index (χ2n) is 8.62. The highest BCUT2D eigenvalue weighted by Gasteiger charge is 2.35. The standard InChI is InChI=1S/C22H28N4O4S2/c1-13(2)26-11-10-17-18(12-26)31-22(19(17)20(23)27)24-21(28)14-4-8-16(9-5-14)32(29,30)25(3)15-6-7-15/h4-5,8-9,13,15H,6-7,10-12H2,1-3H3,(H2,23,27)(H,24,28). The summed E-state index contributed by atoms with van der Waals surface area (Å²) in [7, 11) is -1.99. The van der Waals surface area contributed by atoms with E-state index in [-0.39, 0.29) is 10.9 Å². The van der Waals surface area contributed by atoms with Gasteiger partial charge in [-0.05, 0) is 62.9 Å². The summed E-state index contributed by atoms with van der Waals surface area (Å²) in [4.78, 5) is 28.5. The summed E-state index contributed by atoms with van der Waals surface area (Å²) in [6.45, 7) is 5.81. The maximum atomic E-state index is 12.9. The van der Waals surface area contributed by atoms with Gasteiger partial charge in [0.25, 0.3) is 11.8 Å². The van der Waals surface area contributed by atoms with Crippen LogP contribution in [-0.2, 0) is 23.0 Å². The Hall–Kier alpha value is -2.27. The van der Waals surface area contributed by atoms with Crippen molar-refractivity contribution in [3.05, 3.63) is 45.8 Å². The van der Waals surface area contributed by atoms with Crippen molar-refractivity contribution in [1.29, 1.82) is 0 Å². The molecule has 2 aliphatic rings. The maximum Gasteiger partial charge on any atom is 0.256 e. The Balaban J connectivity index is 1.55. The molecule has 1 fully saturated rings. The number of carbonyl (C=O) groups excluding carboxylic acids is 2. The number of nitrogens with two attached hydrogens (primary N) is 1. The zero-order chi connectivity index (χ0) is 23.2. The number of nitrogens with one attached hydrogen (secondary N) is 1. The van der Waals surface area contributed by atoms with Crippen LogP contribution in [0, 0.1) is 0 Å². The molecular formula is C22H28N4O4S2. The van der Waals surface area contributed by atoms with Crippen molar-refractivity contribution in [3.8, 4) is 0 Å². The van der Waals surface area contributed by atoms with E-state index in [2.05, 4.69) is 24.1 Å². The Bertz CT molecular complexity index is 1150. The van der Waals surface area contributed by atoms with Crippen molar-refractivity contribution < 1.29 is 18.0 Å². The molecule has 0 atom stereocenters. The lowest BCUT2D eigenvalue weighted by molar-refractivity contribution is 0.0999. The molecule has 4 rings (SSSR count). The van der Waals surface area contributed by atoms with Gasteiger partial charge in [-0.3, -0.25) is 14.5 Å². The van der Waals surface area contributed by atoms with Gasteiger partial charge in [-0.2, -0.15) is 4.31 Å². The smallest absolute Gasteiger partial charge is 0.256 e. The van der Waals surface area contributed by atoms with Gasteiger partial charge in [0.15, 0.2) is 0 Å². The van der Waals surface area contributed by atoms with Gasteiger partial charge in [0.1, 0.15) is 5.00 Å². The number of benzene rings is 1. The van der Waals surface area contributed by atoms with Crippen LogP contribution in [0.1, 0.15) is 57.8 Å². The molecule has 8 nitrogen and oxygen atoms in total. The third kappa shape index (κ3) is 4.32. The van der Waals surface area contributed by atoms with Crippen molar-refractivity contribution in [2.45, 2.75) is 56.6 Å². The first kappa shape index (κ1) is 22.9. The molecule has 1 saturated carbocycles.